The maximum absolute atomic E-state index is 11.6. The van der Waals surface area contributed by atoms with E-state index < -0.39 is 0 Å². The van der Waals surface area contributed by atoms with Crippen molar-refractivity contribution in [2.45, 2.75) is 70.6 Å². The second-order valence-corrected chi connectivity index (χ2v) is 6.05. The summed E-state index contributed by atoms with van der Waals surface area (Å²) >= 11 is 0. The zero-order valence-electron chi connectivity index (χ0n) is 10.8. The molecule has 0 bridgehead atoms. The highest BCUT2D eigenvalue weighted by Crippen LogP contribution is 2.30. The Kier molecular flexibility index (Phi) is 3.84. The number of ether oxygens (including phenoxy) is 1. The highest BCUT2D eigenvalue weighted by Gasteiger charge is 2.34. The van der Waals surface area contributed by atoms with Crippen molar-refractivity contribution in [2.24, 2.45) is 5.73 Å². The lowest BCUT2D eigenvalue weighted by atomic mass is 9.84. The van der Waals surface area contributed by atoms with E-state index in [4.69, 9.17) is 10.5 Å². The van der Waals surface area contributed by atoms with Crippen molar-refractivity contribution in [1.29, 1.82) is 0 Å². The third kappa shape index (κ3) is 4.39. The van der Waals surface area contributed by atoms with E-state index >= 15 is 0 Å². The van der Waals surface area contributed by atoms with Gasteiger partial charge in [0.2, 0.25) is 0 Å². The number of amides is 1. The monoisotopic (exact) mass is 228 g/mol. The average Bonchev–Trinajstić information content (AvgIpc) is 2.07. The summed E-state index contributed by atoms with van der Waals surface area (Å²) in [6, 6.07) is 0.266. The first-order valence-electron chi connectivity index (χ1n) is 5.97. The van der Waals surface area contributed by atoms with Crippen LogP contribution < -0.4 is 11.1 Å². The normalized spacial score (nSPS) is 30.9. The number of carbonyl (C=O) groups excluding carboxylic acids is 1. The van der Waals surface area contributed by atoms with E-state index in [0.29, 0.717) is 0 Å². The first-order valence-corrected chi connectivity index (χ1v) is 5.97. The quantitative estimate of drug-likeness (QED) is 0.723. The summed E-state index contributed by atoms with van der Waals surface area (Å²) in [6.07, 6.45) is 3.24. The smallest absolute Gasteiger partial charge is 0.408 e. The van der Waals surface area contributed by atoms with Crippen molar-refractivity contribution in [3.63, 3.8) is 0 Å². The SMILES string of the molecule is CC(C)(C)NC(=O)OC1(C)CCC(N)CC1. The molecule has 94 valence electrons. The van der Waals surface area contributed by atoms with Gasteiger partial charge in [-0.05, 0) is 53.4 Å². The van der Waals surface area contributed by atoms with Crippen molar-refractivity contribution in [3.05, 3.63) is 0 Å². The lowest BCUT2D eigenvalue weighted by Gasteiger charge is -2.36. The van der Waals surface area contributed by atoms with Crippen molar-refractivity contribution < 1.29 is 9.53 Å². The Morgan fingerprint density at radius 3 is 2.31 bits per heavy atom. The highest BCUT2D eigenvalue weighted by atomic mass is 16.6. The van der Waals surface area contributed by atoms with Crippen LogP contribution in [-0.2, 0) is 4.74 Å². The molecule has 4 heteroatoms. The molecule has 1 saturated carbocycles. The van der Waals surface area contributed by atoms with Gasteiger partial charge in [-0.25, -0.2) is 4.79 Å². The van der Waals surface area contributed by atoms with E-state index in [1.165, 1.54) is 0 Å². The molecule has 1 rings (SSSR count). The third-order valence-electron chi connectivity index (χ3n) is 2.90. The van der Waals surface area contributed by atoms with Crippen LogP contribution in [0, 0.1) is 0 Å². The molecule has 0 aromatic heterocycles. The predicted octanol–water partition coefficient (Wildman–Crippen LogP) is 2.17. The highest BCUT2D eigenvalue weighted by molar-refractivity contribution is 5.68. The van der Waals surface area contributed by atoms with Crippen LogP contribution in [0.2, 0.25) is 0 Å². The third-order valence-corrected chi connectivity index (χ3v) is 2.90. The van der Waals surface area contributed by atoms with E-state index in [1.807, 2.05) is 27.7 Å². The van der Waals surface area contributed by atoms with Crippen LogP contribution >= 0.6 is 0 Å². The zero-order chi connectivity index (χ0) is 12.4. The van der Waals surface area contributed by atoms with Crippen molar-refractivity contribution in [3.8, 4) is 0 Å². The number of hydrogen-bond acceptors (Lipinski definition) is 3. The number of alkyl carbamates (subject to hydrolysis) is 1. The van der Waals surface area contributed by atoms with Crippen LogP contribution in [0.25, 0.3) is 0 Å². The van der Waals surface area contributed by atoms with E-state index in [0.717, 1.165) is 25.7 Å². The largest absolute Gasteiger partial charge is 0.443 e. The van der Waals surface area contributed by atoms with Crippen LogP contribution in [0.3, 0.4) is 0 Å². The summed E-state index contributed by atoms with van der Waals surface area (Å²) < 4.78 is 5.50. The summed E-state index contributed by atoms with van der Waals surface area (Å²) in [4.78, 5) is 11.6. The van der Waals surface area contributed by atoms with Crippen molar-refractivity contribution >= 4 is 6.09 Å². The molecule has 1 amide bonds. The van der Waals surface area contributed by atoms with E-state index in [9.17, 15) is 4.79 Å². The Balaban J connectivity index is 2.44. The lowest BCUT2D eigenvalue weighted by Crippen LogP contribution is -2.47. The van der Waals surface area contributed by atoms with Crippen LogP contribution in [0.4, 0.5) is 4.79 Å². The molecular weight excluding hydrogens is 204 g/mol. The molecule has 0 radical (unpaired) electrons. The van der Waals surface area contributed by atoms with E-state index in [2.05, 4.69) is 5.32 Å². The molecule has 4 nitrogen and oxygen atoms in total. The van der Waals surface area contributed by atoms with Gasteiger partial charge in [-0.2, -0.15) is 0 Å². The van der Waals surface area contributed by atoms with Gasteiger partial charge in [0.25, 0.3) is 0 Å². The molecule has 0 atom stereocenters. The minimum Gasteiger partial charge on any atom is -0.443 e. The molecular formula is C12H24N2O2. The minimum atomic E-state index is -0.342. The van der Waals surface area contributed by atoms with E-state index in [-0.39, 0.29) is 23.3 Å². The zero-order valence-corrected chi connectivity index (χ0v) is 10.8. The number of nitrogens with two attached hydrogens (primary N) is 1. The van der Waals surface area contributed by atoms with Gasteiger partial charge in [0.15, 0.2) is 0 Å². The molecule has 0 aliphatic heterocycles. The van der Waals surface area contributed by atoms with Crippen molar-refractivity contribution in [2.75, 3.05) is 0 Å². The van der Waals surface area contributed by atoms with Crippen molar-refractivity contribution in [1.82, 2.24) is 5.32 Å². The second kappa shape index (κ2) is 4.62. The van der Waals surface area contributed by atoms with Gasteiger partial charge >= 0.3 is 6.09 Å². The van der Waals surface area contributed by atoms with Crippen LogP contribution in [-0.4, -0.2) is 23.3 Å². The molecule has 0 aromatic rings. The molecule has 0 saturated heterocycles. The maximum atomic E-state index is 11.6. The molecule has 1 fully saturated rings. The predicted molar refractivity (Wildman–Crippen MR) is 64.2 cm³/mol. The first kappa shape index (κ1) is 13.3. The number of rotatable bonds is 1. The molecule has 0 spiro atoms. The van der Waals surface area contributed by atoms with Gasteiger partial charge in [-0.15, -0.1) is 0 Å². The van der Waals surface area contributed by atoms with Gasteiger partial charge in [0.05, 0.1) is 0 Å². The molecule has 3 N–H and O–H groups in total. The molecule has 0 aromatic carbocycles. The molecule has 16 heavy (non-hydrogen) atoms. The summed E-state index contributed by atoms with van der Waals surface area (Å²) in [7, 11) is 0. The van der Waals surface area contributed by atoms with Gasteiger partial charge in [-0.1, -0.05) is 0 Å². The van der Waals surface area contributed by atoms with Gasteiger partial charge in [-0.3, -0.25) is 0 Å². The van der Waals surface area contributed by atoms with Crippen LogP contribution in [0.15, 0.2) is 0 Å². The number of nitrogens with one attached hydrogen (secondary N) is 1. The number of hydrogen-bond donors (Lipinski definition) is 2. The molecule has 0 unspecified atom stereocenters. The summed E-state index contributed by atoms with van der Waals surface area (Å²) in [5.74, 6) is 0. The molecule has 0 heterocycles. The van der Waals surface area contributed by atoms with Crippen LogP contribution in [0.1, 0.15) is 53.4 Å². The van der Waals surface area contributed by atoms with Gasteiger partial charge < -0.3 is 15.8 Å². The maximum Gasteiger partial charge on any atom is 0.408 e. The minimum absolute atomic E-state index is 0.251. The Labute approximate surface area is 97.9 Å². The molecule has 1 aliphatic carbocycles. The fraction of sp³-hybridized carbons (Fsp3) is 0.917. The fourth-order valence-electron chi connectivity index (χ4n) is 1.91. The second-order valence-electron chi connectivity index (χ2n) is 6.05. The Hall–Kier alpha value is -0.770. The Bertz CT molecular complexity index is 250. The Morgan fingerprint density at radius 1 is 1.38 bits per heavy atom. The lowest BCUT2D eigenvalue weighted by molar-refractivity contribution is -0.00816. The summed E-state index contributed by atoms with van der Waals surface area (Å²) in [6.45, 7) is 7.80. The Morgan fingerprint density at radius 2 is 1.88 bits per heavy atom. The fourth-order valence-corrected chi connectivity index (χ4v) is 1.91. The van der Waals surface area contributed by atoms with Crippen LogP contribution in [0.5, 0.6) is 0 Å². The topological polar surface area (TPSA) is 64.3 Å². The standard InChI is InChI=1S/C12H24N2O2/c1-11(2,3)14-10(15)16-12(4)7-5-9(13)6-8-12/h9H,5-8,13H2,1-4H3,(H,14,15). The summed E-state index contributed by atoms with van der Waals surface area (Å²) in [5, 5.41) is 2.81. The van der Waals surface area contributed by atoms with Gasteiger partial charge in [0, 0.05) is 11.6 Å². The molecule has 1 aliphatic rings. The summed E-state index contributed by atoms with van der Waals surface area (Å²) in [5.41, 5.74) is 5.24. The van der Waals surface area contributed by atoms with E-state index in [1.54, 1.807) is 0 Å². The number of carbonyl (C=O) groups is 1. The average molecular weight is 228 g/mol. The van der Waals surface area contributed by atoms with Gasteiger partial charge in [0.1, 0.15) is 5.60 Å². The first-order chi connectivity index (χ1) is 7.20.